The molecule has 0 bridgehead atoms. The van der Waals surface area contributed by atoms with Gasteiger partial charge in [0.2, 0.25) is 5.91 Å². The van der Waals surface area contributed by atoms with Crippen molar-refractivity contribution in [3.05, 3.63) is 40.1 Å². The molecular formula is C11H8Cl2N4O3. The number of hydrogen-bond donors (Lipinski definition) is 2. The van der Waals surface area contributed by atoms with Gasteiger partial charge in [-0.15, -0.1) is 5.10 Å². The molecule has 20 heavy (non-hydrogen) atoms. The molecule has 7 nitrogen and oxygen atoms in total. The Labute approximate surface area is 123 Å². The maximum Gasteiger partial charge on any atom is 0.358 e. The minimum atomic E-state index is -1.21. The monoisotopic (exact) mass is 314 g/mol. The van der Waals surface area contributed by atoms with Crippen molar-refractivity contribution in [3.8, 4) is 0 Å². The van der Waals surface area contributed by atoms with Crippen molar-refractivity contribution in [3.63, 3.8) is 0 Å². The van der Waals surface area contributed by atoms with Crippen LogP contribution in [0.5, 0.6) is 0 Å². The van der Waals surface area contributed by atoms with Gasteiger partial charge in [0.05, 0.1) is 16.9 Å². The van der Waals surface area contributed by atoms with Crippen LogP contribution in [-0.4, -0.2) is 32.0 Å². The minimum Gasteiger partial charge on any atom is -0.476 e. The van der Waals surface area contributed by atoms with Gasteiger partial charge in [0.25, 0.3) is 0 Å². The van der Waals surface area contributed by atoms with Crippen LogP contribution in [0.4, 0.5) is 5.69 Å². The molecule has 1 aromatic carbocycles. The van der Waals surface area contributed by atoms with E-state index in [1.165, 1.54) is 6.07 Å². The smallest absolute Gasteiger partial charge is 0.358 e. The molecule has 0 saturated carbocycles. The Balaban J connectivity index is 2.05. The van der Waals surface area contributed by atoms with Gasteiger partial charge >= 0.3 is 5.97 Å². The summed E-state index contributed by atoms with van der Waals surface area (Å²) in [6.45, 7) is -0.191. The third-order valence-electron chi connectivity index (χ3n) is 2.27. The first-order chi connectivity index (χ1) is 9.45. The van der Waals surface area contributed by atoms with Crippen molar-refractivity contribution in [2.75, 3.05) is 5.32 Å². The number of nitrogens with zero attached hydrogens (tertiary/aromatic N) is 3. The number of carbonyl (C=O) groups is 2. The Morgan fingerprint density at radius 2 is 2.10 bits per heavy atom. The second-order valence-corrected chi connectivity index (χ2v) is 4.62. The molecule has 2 aromatic rings. The van der Waals surface area contributed by atoms with Gasteiger partial charge in [-0.2, -0.15) is 0 Å². The van der Waals surface area contributed by atoms with E-state index in [9.17, 15) is 9.59 Å². The van der Waals surface area contributed by atoms with E-state index in [0.29, 0.717) is 15.7 Å². The molecule has 2 N–H and O–H groups in total. The molecule has 9 heteroatoms. The number of rotatable bonds is 4. The van der Waals surface area contributed by atoms with Gasteiger partial charge in [-0.05, 0) is 18.2 Å². The first kappa shape index (κ1) is 14.3. The molecule has 1 heterocycles. The third kappa shape index (κ3) is 3.46. The molecule has 1 aromatic heterocycles. The van der Waals surface area contributed by atoms with Crippen molar-refractivity contribution < 1.29 is 14.7 Å². The minimum absolute atomic E-state index is 0.191. The maximum atomic E-state index is 11.8. The Morgan fingerprint density at radius 1 is 1.35 bits per heavy atom. The lowest BCUT2D eigenvalue weighted by Crippen LogP contribution is -2.19. The molecule has 1 amide bonds. The van der Waals surface area contributed by atoms with Crippen molar-refractivity contribution in [1.82, 2.24) is 15.0 Å². The zero-order chi connectivity index (χ0) is 14.7. The fourth-order valence-corrected chi connectivity index (χ4v) is 1.74. The number of carboxylic acids is 1. The van der Waals surface area contributed by atoms with Crippen molar-refractivity contribution in [2.45, 2.75) is 6.54 Å². The summed E-state index contributed by atoms with van der Waals surface area (Å²) in [6, 6.07) is 4.65. The summed E-state index contributed by atoms with van der Waals surface area (Å²) in [6.07, 6.45) is 1.15. The summed E-state index contributed by atoms with van der Waals surface area (Å²) in [5.41, 5.74) is 0.126. The van der Waals surface area contributed by atoms with Crippen molar-refractivity contribution >= 4 is 40.8 Å². The van der Waals surface area contributed by atoms with Crippen LogP contribution in [0.25, 0.3) is 0 Å². The number of carboxylic acid groups (broad SMARTS) is 1. The van der Waals surface area contributed by atoms with Crippen LogP contribution in [0.1, 0.15) is 10.5 Å². The number of carbonyl (C=O) groups excluding carboxylic acids is 1. The summed E-state index contributed by atoms with van der Waals surface area (Å²) in [7, 11) is 0. The molecule has 0 unspecified atom stereocenters. The van der Waals surface area contributed by atoms with E-state index in [1.807, 2.05) is 0 Å². The summed E-state index contributed by atoms with van der Waals surface area (Å²) in [5.74, 6) is -1.65. The third-order valence-corrected chi connectivity index (χ3v) is 2.83. The van der Waals surface area contributed by atoms with E-state index >= 15 is 0 Å². The van der Waals surface area contributed by atoms with E-state index in [-0.39, 0.29) is 12.2 Å². The second kappa shape index (κ2) is 5.89. The number of aromatic nitrogens is 3. The summed E-state index contributed by atoms with van der Waals surface area (Å²) < 4.78 is 1.11. The highest BCUT2D eigenvalue weighted by Crippen LogP contribution is 2.25. The number of halogens is 2. The molecule has 0 spiro atoms. The molecular weight excluding hydrogens is 307 g/mol. The lowest BCUT2D eigenvalue weighted by atomic mass is 10.3. The van der Waals surface area contributed by atoms with Crippen LogP contribution >= 0.6 is 23.2 Å². The topological polar surface area (TPSA) is 97.1 Å². The zero-order valence-corrected chi connectivity index (χ0v) is 11.4. The van der Waals surface area contributed by atoms with Gasteiger partial charge in [0, 0.05) is 5.02 Å². The predicted molar refractivity (Wildman–Crippen MR) is 72.1 cm³/mol. The van der Waals surface area contributed by atoms with Crippen LogP contribution in [-0.2, 0) is 11.3 Å². The standard InChI is InChI=1S/C11H8Cl2N4O3/c12-6-1-2-7(13)8(3-6)14-10(18)5-17-4-9(11(19)20)15-16-17/h1-4H,5H2,(H,14,18)(H,19,20). The van der Waals surface area contributed by atoms with Crippen LogP contribution in [0.15, 0.2) is 24.4 Å². The Morgan fingerprint density at radius 3 is 2.75 bits per heavy atom. The van der Waals surface area contributed by atoms with Crippen molar-refractivity contribution in [2.24, 2.45) is 0 Å². The highest BCUT2D eigenvalue weighted by atomic mass is 35.5. The Kier molecular flexibility index (Phi) is 4.21. The molecule has 0 aliphatic heterocycles. The predicted octanol–water partition coefficient (Wildman–Crippen LogP) is 1.92. The van der Waals surface area contributed by atoms with Crippen LogP contribution in [0.3, 0.4) is 0 Å². The number of anilines is 1. The number of nitrogens with one attached hydrogen (secondary N) is 1. The normalized spacial score (nSPS) is 10.3. The molecule has 2 rings (SSSR count). The highest BCUT2D eigenvalue weighted by molar-refractivity contribution is 6.35. The van der Waals surface area contributed by atoms with E-state index in [0.717, 1.165) is 10.9 Å². The molecule has 0 aliphatic rings. The molecule has 0 fully saturated rings. The lowest BCUT2D eigenvalue weighted by Gasteiger charge is -2.07. The number of aromatic carboxylic acids is 1. The van der Waals surface area contributed by atoms with Gasteiger partial charge in [0.15, 0.2) is 5.69 Å². The summed E-state index contributed by atoms with van der Waals surface area (Å²) in [5, 5.41) is 18.9. The molecule has 0 radical (unpaired) electrons. The van der Waals surface area contributed by atoms with Gasteiger partial charge in [-0.25, -0.2) is 9.48 Å². The van der Waals surface area contributed by atoms with Crippen LogP contribution in [0, 0.1) is 0 Å². The fraction of sp³-hybridized carbons (Fsp3) is 0.0909. The van der Waals surface area contributed by atoms with E-state index < -0.39 is 11.9 Å². The largest absolute Gasteiger partial charge is 0.476 e. The maximum absolute atomic E-state index is 11.8. The van der Waals surface area contributed by atoms with E-state index in [1.54, 1.807) is 12.1 Å². The summed E-state index contributed by atoms with van der Waals surface area (Å²) >= 11 is 11.7. The molecule has 0 aliphatic carbocycles. The van der Waals surface area contributed by atoms with Gasteiger partial charge < -0.3 is 10.4 Å². The second-order valence-electron chi connectivity index (χ2n) is 3.78. The first-order valence-corrected chi connectivity index (χ1v) is 6.09. The van der Waals surface area contributed by atoms with Gasteiger partial charge in [0.1, 0.15) is 6.54 Å². The molecule has 104 valence electrons. The fourth-order valence-electron chi connectivity index (χ4n) is 1.40. The highest BCUT2D eigenvalue weighted by Gasteiger charge is 2.12. The molecule has 0 saturated heterocycles. The number of benzene rings is 1. The SMILES string of the molecule is O=C(Cn1cc(C(=O)O)nn1)Nc1cc(Cl)ccc1Cl. The van der Waals surface area contributed by atoms with Gasteiger partial charge in [-0.3, -0.25) is 4.79 Å². The van der Waals surface area contributed by atoms with Crippen LogP contribution in [0.2, 0.25) is 10.0 Å². The quantitative estimate of drug-likeness (QED) is 0.898. The van der Waals surface area contributed by atoms with E-state index in [4.69, 9.17) is 28.3 Å². The number of hydrogen-bond acceptors (Lipinski definition) is 4. The zero-order valence-electron chi connectivity index (χ0n) is 9.88. The Hall–Kier alpha value is -2.12. The Bertz CT molecular complexity index is 671. The lowest BCUT2D eigenvalue weighted by molar-refractivity contribution is -0.116. The molecule has 0 atom stereocenters. The van der Waals surface area contributed by atoms with Crippen LogP contribution < -0.4 is 5.32 Å². The van der Waals surface area contributed by atoms with Crippen molar-refractivity contribution in [1.29, 1.82) is 0 Å². The van der Waals surface area contributed by atoms with E-state index in [2.05, 4.69) is 15.6 Å². The summed E-state index contributed by atoms with van der Waals surface area (Å²) in [4.78, 5) is 22.4. The average Bonchev–Trinajstić information content (AvgIpc) is 2.82. The average molecular weight is 315 g/mol. The number of amides is 1. The first-order valence-electron chi connectivity index (χ1n) is 5.34. The van der Waals surface area contributed by atoms with Gasteiger partial charge in [-0.1, -0.05) is 28.4 Å².